The Labute approximate surface area is 151 Å². The molecule has 5 heteroatoms. The lowest BCUT2D eigenvalue weighted by Crippen LogP contribution is -2.52. The van der Waals surface area contributed by atoms with Gasteiger partial charge in [-0.3, -0.25) is 4.79 Å². The number of likely N-dealkylation sites (tertiary alicyclic amines) is 1. The second-order valence-corrected chi connectivity index (χ2v) is 7.91. The molecule has 2 N–H and O–H groups in total. The minimum absolute atomic E-state index is 0.0361. The SMILES string of the molecule is CC(=O)NC1CCCN(C(=O)NCCc2ccc(C(C)(C)C)cc2)C1. The first-order valence-corrected chi connectivity index (χ1v) is 9.15. The zero-order valence-electron chi connectivity index (χ0n) is 15.9. The Kier molecular flexibility index (Phi) is 6.45. The summed E-state index contributed by atoms with van der Waals surface area (Å²) in [6, 6.07) is 8.64. The molecule has 0 aromatic heterocycles. The Bertz CT molecular complexity index is 590. The van der Waals surface area contributed by atoms with Crippen LogP contribution >= 0.6 is 0 Å². The third-order valence-electron chi connectivity index (χ3n) is 4.63. The van der Waals surface area contributed by atoms with Gasteiger partial charge in [-0.05, 0) is 35.8 Å². The van der Waals surface area contributed by atoms with Crippen molar-refractivity contribution in [3.63, 3.8) is 0 Å². The Morgan fingerprint density at radius 1 is 1.20 bits per heavy atom. The molecule has 1 unspecified atom stereocenters. The number of piperidine rings is 1. The van der Waals surface area contributed by atoms with Crippen LogP contribution in [0.15, 0.2) is 24.3 Å². The van der Waals surface area contributed by atoms with Gasteiger partial charge >= 0.3 is 6.03 Å². The molecule has 0 spiro atoms. The molecule has 2 rings (SSSR count). The van der Waals surface area contributed by atoms with Crippen molar-refractivity contribution in [1.29, 1.82) is 0 Å². The van der Waals surface area contributed by atoms with Gasteiger partial charge in [0.2, 0.25) is 5.91 Å². The summed E-state index contributed by atoms with van der Waals surface area (Å²) < 4.78 is 0. The summed E-state index contributed by atoms with van der Waals surface area (Å²) in [7, 11) is 0. The molecule has 0 aliphatic carbocycles. The number of hydrogen-bond donors (Lipinski definition) is 2. The Hall–Kier alpha value is -2.04. The van der Waals surface area contributed by atoms with Crippen LogP contribution in [-0.4, -0.2) is 42.5 Å². The number of benzene rings is 1. The molecule has 1 aliphatic heterocycles. The predicted molar refractivity (Wildman–Crippen MR) is 101 cm³/mol. The van der Waals surface area contributed by atoms with Gasteiger partial charge in [0.1, 0.15) is 0 Å². The first kappa shape index (κ1) is 19.3. The third-order valence-corrected chi connectivity index (χ3v) is 4.63. The number of hydrogen-bond acceptors (Lipinski definition) is 2. The average molecular weight is 345 g/mol. The molecule has 3 amide bonds. The second-order valence-electron chi connectivity index (χ2n) is 7.91. The molecule has 0 radical (unpaired) electrons. The maximum absolute atomic E-state index is 12.3. The molecule has 1 atom stereocenters. The van der Waals surface area contributed by atoms with E-state index in [0.717, 1.165) is 25.8 Å². The molecule has 138 valence electrons. The number of urea groups is 1. The first-order chi connectivity index (χ1) is 11.8. The quantitative estimate of drug-likeness (QED) is 0.881. The van der Waals surface area contributed by atoms with Gasteiger partial charge in [0.15, 0.2) is 0 Å². The van der Waals surface area contributed by atoms with Crippen LogP contribution in [0.2, 0.25) is 0 Å². The maximum Gasteiger partial charge on any atom is 0.317 e. The minimum atomic E-state index is -0.0404. The molecule has 1 aromatic rings. The van der Waals surface area contributed by atoms with E-state index in [-0.39, 0.29) is 23.4 Å². The summed E-state index contributed by atoms with van der Waals surface area (Å²) in [4.78, 5) is 25.3. The lowest BCUT2D eigenvalue weighted by Gasteiger charge is -2.33. The van der Waals surface area contributed by atoms with Gasteiger partial charge in [0.25, 0.3) is 0 Å². The largest absolute Gasteiger partial charge is 0.352 e. The monoisotopic (exact) mass is 345 g/mol. The number of carbonyl (C=O) groups is 2. The molecule has 1 saturated heterocycles. The van der Waals surface area contributed by atoms with Crippen molar-refractivity contribution >= 4 is 11.9 Å². The minimum Gasteiger partial charge on any atom is -0.352 e. The van der Waals surface area contributed by atoms with Gasteiger partial charge in [-0.25, -0.2) is 4.79 Å². The average Bonchev–Trinajstić information content (AvgIpc) is 2.54. The molecular weight excluding hydrogens is 314 g/mol. The number of carbonyl (C=O) groups excluding carboxylic acids is 2. The van der Waals surface area contributed by atoms with Crippen LogP contribution in [0.5, 0.6) is 0 Å². The molecule has 0 saturated carbocycles. The predicted octanol–water partition coefficient (Wildman–Crippen LogP) is 2.84. The molecule has 1 aliphatic rings. The second kappa shape index (κ2) is 8.37. The molecule has 5 nitrogen and oxygen atoms in total. The van der Waals surface area contributed by atoms with Crippen LogP contribution in [0.1, 0.15) is 51.7 Å². The van der Waals surface area contributed by atoms with E-state index >= 15 is 0 Å². The van der Waals surface area contributed by atoms with Crippen LogP contribution in [0.25, 0.3) is 0 Å². The Morgan fingerprint density at radius 3 is 2.48 bits per heavy atom. The molecule has 25 heavy (non-hydrogen) atoms. The van der Waals surface area contributed by atoms with Crippen LogP contribution in [0.3, 0.4) is 0 Å². The van der Waals surface area contributed by atoms with Crippen molar-refractivity contribution in [2.45, 2.75) is 58.4 Å². The zero-order chi connectivity index (χ0) is 18.4. The summed E-state index contributed by atoms with van der Waals surface area (Å²) in [5, 5.41) is 5.90. The maximum atomic E-state index is 12.3. The van der Waals surface area contributed by atoms with E-state index in [2.05, 4.69) is 55.7 Å². The zero-order valence-corrected chi connectivity index (χ0v) is 15.9. The molecule has 1 fully saturated rings. The fourth-order valence-electron chi connectivity index (χ4n) is 3.16. The third kappa shape index (κ3) is 6.07. The summed E-state index contributed by atoms with van der Waals surface area (Å²) in [5.74, 6) is -0.0361. The van der Waals surface area contributed by atoms with Crippen molar-refractivity contribution < 1.29 is 9.59 Å². The van der Waals surface area contributed by atoms with E-state index in [0.29, 0.717) is 13.1 Å². The fourth-order valence-corrected chi connectivity index (χ4v) is 3.16. The van der Waals surface area contributed by atoms with Gasteiger partial charge in [-0.1, -0.05) is 45.0 Å². The van der Waals surface area contributed by atoms with Crippen LogP contribution < -0.4 is 10.6 Å². The highest BCUT2D eigenvalue weighted by atomic mass is 16.2. The van der Waals surface area contributed by atoms with Crippen molar-refractivity contribution in [1.82, 2.24) is 15.5 Å². The summed E-state index contributed by atoms with van der Waals surface area (Å²) >= 11 is 0. The highest BCUT2D eigenvalue weighted by Gasteiger charge is 2.23. The fraction of sp³-hybridized carbons (Fsp3) is 0.600. The first-order valence-electron chi connectivity index (χ1n) is 9.15. The van der Waals surface area contributed by atoms with E-state index in [9.17, 15) is 9.59 Å². The van der Waals surface area contributed by atoms with Crippen LogP contribution in [-0.2, 0) is 16.6 Å². The van der Waals surface area contributed by atoms with Crippen LogP contribution in [0.4, 0.5) is 4.79 Å². The number of amides is 3. The molecule has 1 heterocycles. The summed E-state index contributed by atoms with van der Waals surface area (Å²) in [6.07, 6.45) is 2.68. The lowest BCUT2D eigenvalue weighted by molar-refractivity contribution is -0.119. The van der Waals surface area contributed by atoms with Crippen molar-refractivity contribution in [3.05, 3.63) is 35.4 Å². The number of rotatable bonds is 4. The molecular formula is C20H31N3O2. The van der Waals surface area contributed by atoms with Gasteiger partial charge in [0, 0.05) is 32.6 Å². The summed E-state index contributed by atoms with van der Waals surface area (Å²) in [5.41, 5.74) is 2.70. The number of nitrogens with one attached hydrogen (secondary N) is 2. The summed E-state index contributed by atoms with van der Waals surface area (Å²) in [6.45, 7) is 10.1. The van der Waals surface area contributed by atoms with E-state index in [1.165, 1.54) is 18.1 Å². The van der Waals surface area contributed by atoms with Crippen molar-refractivity contribution in [3.8, 4) is 0 Å². The van der Waals surface area contributed by atoms with Gasteiger partial charge < -0.3 is 15.5 Å². The normalized spacial score (nSPS) is 17.9. The van der Waals surface area contributed by atoms with Crippen molar-refractivity contribution in [2.24, 2.45) is 0 Å². The van der Waals surface area contributed by atoms with Gasteiger partial charge in [-0.2, -0.15) is 0 Å². The Balaban J connectivity index is 1.77. The van der Waals surface area contributed by atoms with E-state index in [1.54, 1.807) is 4.90 Å². The van der Waals surface area contributed by atoms with Crippen LogP contribution in [0, 0.1) is 0 Å². The van der Waals surface area contributed by atoms with Gasteiger partial charge in [0.05, 0.1) is 0 Å². The standard InChI is InChI=1S/C20H31N3O2/c1-15(24)22-18-6-5-13-23(14-18)19(25)21-12-11-16-7-9-17(10-8-16)20(2,3)4/h7-10,18H,5-6,11-14H2,1-4H3,(H,21,25)(H,22,24). The van der Waals surface area contributed by atoms with Crippen molar-refractivity contribution in [2.75, 3.05) is 19.6 Å². The topological polar surface area (TPSA) is 61.4 Å². The highest BCUT2D eigenvalue weighted by Crippen LogP contribution is 2.22. The number of nitrogens with zero attached hydrogens (tertiary/aromatic N) is 1. The van der Waals surface area contributed by atoms with E-state index in [4.69, 9.17) is 0 Å². The molecule has 0 bridgehead atoms. The highest BCUT2D eigenvalue weighted by molar-refractivity contribution is 5.75. The Morgan fingerprint density at radius 2 is 1.88 bits per heavy atom. The van der Waals surface area contributed by atoms with Gasteiger partial charge in [-0.15, -0.1) is 0 Å². The lowest BCUT2D eigenvalue weighted by atomic mass is 9.86. The smallest absolute Gasteiger partial charge is 0.317 e. The van der Waals surface area contributed by atoms with E-state index < -0.39 is 0 Å². The van der Waals surface area contributed by atoms with E-state index in [1.807, 2.05) is 0 Å². The molecule has 1 aromatic carbocycles.